The molecule has 1 atom stereocenters. The second-order valence-electron chi connectivity index (χ2n) is 7.84. The molecule has 0 radical (unpaired) electrons. The fourth-order valence-electron chi connectivity index (χ4n) is 3.90. The Hall–Kier alpha value is -4.12. The quantitative estimate of drug-likeness (QED) is 0.521. The van der Waals surface area contributed by atoms with Gasteiger partial charge in [-0.05, 0) is 24.3 Å². The van der Waals surface area contributed by atoms with Crippen molar-refractivity contribution in [3.8, 4) is 23.0 Å². The van der Waals surface area contributed by atoms with Gasteiger partial charge in [0.05, 0.1) is 44.9 Å². The van der Waals surface area contributed by atoms with Crippen molar-refractivity contribution in [3.63, 3.8) is 0 Å². The third-order valence-electron chi connectivity index (χ3n) is 5.69. The van der Waals surface area contributed by atoms with Crippen LogP contribution in [-0.4, -0.2) is 72.4 Å². The van der Waals surface area contributed by atoms with Gasteiger partial charge in [-0.25, -0.2) is 14.4 Å². The highest BCUT2D eigenvalue weighted by atomic mass is 19.1. The summed E-state index contributed by atoms with van der Waals surface area (Å²) in [6, 6.07) is 8.13. The van der Waals surface area contributed by atoms with E-state index in [1.807, 2.05) is 4.90 Å². The standard InChI is InChI=1S/C24H26FN5O5/c1-33-20-10-23(26)28-11-19(20)29-7-8-30(16(13-29)14-31)24(32)18-9-21(34-2)22(12-27-18)35-17-5-3-15(25)4-6-17/h3-6,9-12,16,31H,7-8,13-14H2,1-2H3,(H2,26,28). The van der Waals surface area contributed by atoms with E-state index in [0.717, 1.165) is 5.69 Å². The van der Waals surface area contributed by atoms with Gasteiger partial charge >= 0.3 is 0 Å². The lowest BCUT2D eigenvalue weighted by Gasteiger charge is -2.41. The number of methoxy groups -OCH3 is 2. The third-order valence-corrected chi connectivity index (χ3v) is 5.69. The number of nitrogens with zero attached hydrogens (tertiary/aromatic N) is 4. The second kappa shape index (κ2) is 10.4. The molecule has 0 spiro atoms. The number of aromatic nitrogens is 2. The predicted octanol–water partition coefficient (Wildman–Crippen LogP) is 2.33. The van der Waals surface area contributed by atoms with Crippen LogP contribution in [-0.2, 0) is 0 Å². The average molecular weight is 484 g/mol. The summed E-state index contributed by atoms with van der Waals surface area (Å²) in [5.74, 6) is 1.15. The number of nitrogen functional groups attached to an aromatic ring is 1. The SMILES string of the molecule is COc1cc(C(=O)N2CCN(c3cnc(N)cc3OC)CC2CO)ncc1Oc1ccc(F)cc1. The Morgan fingerprint density at radius 3 is 2.51 bits per heavy atom. The first-order chi connectivity index (χ1) is 16.9. The number of hydrogen-bond acceptors (Lipinski definition) is 9. The van der Waals surface area contributed by atoms with E-state index in [1.54, 1.807) is 24.3 Å². The number of anilines is 2. The minimum absolute atomic E-state index is 0.145. The van der Waals surface area contributed by atoms with E-state index in [9.17, 15) is 14.3 Å². The average Bonchev–Trinajstić information content (AvgIpc) is 2.89. The molecular formula is C24H26FN5O5. The first-order valence-electron chi connectivity index (χ1n) is 10.9. The Morgan fingerprint density at radius 1 is 1.09 bits per heavy atom. The summed E-state index contributed by atoms with van der Waals surface area (Å²) < 4.78 is 29.7. The molecule has 2 aromatic heterocycles. The van der Waals surface area contributed by atoms with Gasteiger partial charge < -0.3 is 34.9 Å². The van der Waals surface area contributed by atoms with Gasteiger partial charge in [-0.1, -0.05) is 0 Å². The molecule has 0 saturated carbocycles. The highest BCUT2D eigenvalue weighted by molar-refractivity contribution is 5.93. The Bertz CT molecular complexity index is 1190. The third kappa shape index (κ3) is 5.19. The maximum absolute atomic E-state index is 13.3. The highest BCUT2D eigenvalue weighted by Crippen LogP contribution is 2.33. The number of hydrogen-bond donors (Lipinski definition) is 2. The molecule has 184 valence electrons. The Labute approximate surface area is 201 Å². The van der Waals surface area contributed by atoms with Gasteiger partial charge in [-0.3, -0.25) is 4.79 Å². The van der Waals surface area contributed by atoms with Crippen LogP contribution in [0.2, 0.25) is 0 Å². The van der Waals surface area contributed by atoms with Gasteiger partial charge in [0.25, 0.3) is 5.91 Å². The monoisotopic (exact) mass is 483 g/mol. The summed E-state index contributed by atoms with van der Waals surface area (Å²) in [7, 11) is 2.99. The number of pyridine rings is 2. The molecule has 3 aromatic rings. The van der Waals surface area contributed by atoms with E-state index in [-0.39, 0.29) is 29.8 Å². The van der Waals surface area contributed by atoms with Crippen molar-refractivity contribution in [2.75, 3.05) is 51.1 Å². The lowest BCUT2D eigenvalue weighted by Crippen LogP contribution is -2.57. The Morgan fingerprint density at radius 2 is 1.83 bits per heavy atom. The van der Waals surface area contributed by atoms with Crippen LogP contribution in [0.4, 0.5) is 15.9 Å². The minimum atomic E-state index is -0.485. The minimum Gasteiger partial charge on any atom is -0.494 e. The van der Waals surface area contributed by atoms with Gasteiger partial charge in [0.15, 0.2) is 11.5 Å². The van der Waals surface area contributed by atoms with Crippen molar-refractivity contribution in [2.45, 2.75) is 6.04 Å². The van der Waals surface area contributed by atoms with E-state index in [2.05, 4.69) is 9.97 Å². The van der Waals surface area contributed by atoms with E-state index < -0.39 is 6.04 Å². The topological polar surface area (TPSA) is 123 Å². The number of halogens is 1. The van der Waals surface area contributed by atoms with Crippen molar-refractivity contribution < 1.29 is 28.5 Å². The molecule has 0 aliphatic carbocycles. The maximum atomic E-state index is 13.3. The highest BCUT2D eigenvalue weighted by Gasteiger charge is 2.33. The fourth-order valence-corrected chi connectivity index (χ4v) is 3.90. The van der Waals surface area contributed by atoms with Gasteiger partial charge in [-0.15, -0.1) is 0 Å². The number of nitrogens with two attached hydrogens (primary N) is 1. The van der Waals surface area contributed by atoms with Crippen LogP contribution in [0.1, 0.15) is 10.5 Å². The van der Waals surface area contributed by atoms with Crippen molar-refractivity contribution in [2.24, 2.45) is 0 Å². The zero-order valence-corrected chi connectivity index (χ0v) is 19.3. The molecule has 0 bridgehead atoms. The fraction of sp³-hybridized carbons (Fsp3) is 0.292. The molecule has 11 heteroatoms. The van der Waals surface area contributed by atoms with E-state index >= 15 is 0 Å². The van der Waals surface area contributed by atoms with E-state index in [4.69, 9.17) is 19.9 Å². The number of carbonyl (C=O) groups excluding carboxylic acids is 1. The van der Waals surface area contributed by atoms with Crippen LogP contribution in [0.3, 0.4) is 0 Å². The van der Waals surface area contributed by atoms with Gasteiger partial charge in [0, 0.05) is 31.8 Å². The molecule has 1 amide bonds. The maximum Gasteiger partial charge on any atom is 0.273 e. The largest absolute Gasteiger partial charge is 0.494 e. The van der Waals surface area contributed by atoms with Crippen LogP contribution in [0.25, 0.3) is 0 Å². The van der Waals surface area contributed by atoms with Gasteiger partial charge in [0.1, 0.15) is 28.8 Å². The molecule has 1 aliphatic heterocycles. The summed E-state index contributed by atoms with van der Waals surface area (Å²) >= 11 is 0. The number of benzene rings is 1. The summed E-state index contributed by atoms with van der Waals surface area (Å²) in [4.78, 5) is 25.3. The number of carbonyl (C=O) groups is 1. The lowest BCUT2D eigenvalue weighted by atomic mass is 10.1. The van der Waals surface area contributed by atoms with Crippen molar-refractivity contribution in [1.29, 1.82) is 0 Å². The van der Waals surface area contributed by atoms with Crippen LogP contribution in [0.5, 0.6) is 23.0 Å². The molecule has 10 nitrogen and oxygen atoms in total. The first-order valence-corrected chi connectivity index (χ1v) is 10.9. The van der Waals surface area contributed by atoms with Crippen LogP contribution in [0.15, 0.2) is 48.8 Å². The normalized spacial score (nSPS) is 15.6. The summed E-state index contributed by atoms with van der Waals surface area (Å²) in [5.41, 5.74) is 6.63. The van der Waals surface area contributed by atoms with Gasteiger partial charge in [-0.2, -0.15) is 0 Å². The summed E-state index contributed by atoms with van der Waals surface area (Å²) in [6.07, 6.45) is 3.00. The number of piperazine rings is 1. The molecule has 4 rings (SSSR count). The lowest BCUT2D eigenvalue weighted by molar-refractivity contribution is 0.0558. The van der Waals surface area contributed by atoms with E-state index in [1.165, 1.54) is 43.6 Å². The molecule has 1 unspecified atom stereocenters. The molecule has 1 saturated heterocycles. The Kier molecular flexibility index (Phi) is 7.16. The molecule has 1 fully saturated rings. The number of rotatable bonds is 7. The van der Waals surface area contributed by atoms with Crippen molar-refractivity contribution in [3.05, 3.63) is 60.3 Å². The van der Waals surface area contributed by atoms with Gasteiger partial charge in [0.2, 0.25) is 0 Å². The van der Waals surface area contributed by atoms with Crippen molar-refractivity contribution in [1.82, 2.24) is 14.9 Å². The number of amides is 1. The molecular weight excluding hydrogens is 457 g/mol. The molecule has 1 aliphatic rings. The molecule has 3 heterocycles. The van der Waals surface area contributed by atoms with Crippen molar-refractivity contribution >= 4 is 17.4 Å². The molecule has 1 aromatic carbocycles. The number of aliphatic hydroxyl groups excluding tert-OH is 1. The summed E-state index contributed by atoms with van der Waals surface area (Å²) in [5, 5.41) is 10.0. The number of ether oxygens (including phenoxy) is 3. The zero-order valence-electron chi connectivity index (χ0n) is 19.3. The number of aliphatic hydroxyl groups is 1. The Balaban J connectivity index is 1.51. The van der Waals surface area contributed by atoms with E-state index in [0.29, 0.717) is 42.7 Å². The van der Waals surface area contributed by atoms with Crippen LogP contribution in [0, 0.1) is 5.82 Å². The smallest absolute Gasteiger partial charge is 0.273 e. The predicted molar refractivity (Wildman–Crippen MR) is 127 cm³/mol. The summed E-state index contributed by atoms with van der Waals surface area (Å²) in [6.45, 7) is 0.964. The second-order valence-corrected chi connectivity index (χ2v) is 7.84. The van der Waals surface area contributed by atoms with Crippen LogP contribution >= 0.6 is 0 Å². The molecule has 35 heavy (non-hydrogen) atoms. The zero-order chi connectivity index (χ0) is 24.9. The van der Waals surface area contributed by atoms with Crippen LogP contribution < -0.4 is 24.8 Å². The molecule has 3 N–H and O–H groups in total. The first kappa shape index (κ1) is 24.0.